The van der Waals surface area contributed by atoms with E-state index >= 15 is 4.79 Å². The van der Waals surface area contributed by atoms with E-state index in [1.165, 1.54) is 6.92 Å². The first-order valence-electron chi connectivity index (χ1n) is 35.3. The fraction of sp³-hybridized carbons (Fsp3) is 0.940. The average Bonchev–Trinajstić information content (AvgIpc) is 0.894. The fourth-order valence-corrected chi connectivity index (χ4v) is 19.6. The Kier molecular flexibility index (Phi) is 22.3. The summed E-state index contributed by atoms with van der Waals surface area (Å²) < 4.78 is 81.4. The van der Waals surface area contributed by atoms with Gasteiger partial charge in [-0.2, -0.15) is 0 Å². The van der Waals surface area contributed by atoms with E-state index in [1.54, 1.807) is 0 Å². The standard InChI is InChI=1S/C67H106O34/c1-25-36(74)48(99-59-51(83)67(87,23-68)24-92-59)43(81)57(93-25)97-47-31(72)21-90-55(41(47)79)98-49-39(77)50(52(84)85)100-58(44(49)82)94-35-12-13-63(6)32(62(35,4)5)11-14-64(7)33(63)10-9-26-27-17-61(2,3)15-16-66(27,18-34(73)65(26,64)8)60(86)101-56-42(80)46(30(71)22-91-56)96-54-40(78)45(29(70)20-89-54)95-53-38(76)37(75)28(69)19-88-53/h9,25,27-51,53-59,68-83,87H,10-24H2,1-8H3,(H,84,85). The molecule has 38 atom stereocenters. The summed E-state index contributed by atoms with van der Waals surface area (Å²) >= 11 is 0. The molecule has 12 aliphatic rings. The fourth-order valence-electron chi connectivity index (χ4n) is 19.6. The van der Waals surface area contributed by atoms with Gasteiger partial charge in [0.2, 0.25) is 6.29 Å². The predicted octanol–water partition coefficient (Wildman–Crippen LogP) is -5.27. The highest BCUT2D eigenvalue weighted by Crippen LogP contribution is 2.76. The first-order valence-corrected chi connectivity index (χ1v) is 35.3. The molecule has 0 aromatic rings. The van der Waals surface area contributed by atoms with E-state index < -0.39 is 275 Å². The Hall–Kier alpha value is -2.52. The third kappa shape index (κ3) is 13.4. The van der Waals surface area contributed by atoms with Gasteiger partial charge in [-0.15, -0.1) is 0 Å². The summed E-state index contributed by atoms with van der Waals surface area (Å²) in [7, 11) is 0. The van der Waals surface area contributed by atoms with Crippen LogP contribution in [0.15, 0.2) is 11.6 Å². The van der Waals surface area contributed by atoms with Crippen molar-refractivity contribution in [3.63, 3.8) is 0 Å². The molecule has 101 heavy (non-hydrogen) atoms. The van der Waals surface area contributed by atoms with Crippen LogP contribution in [-0.4, -0.2) is 334 Å². The van der Waals surface area contributed by atoms with Gasteiger partial charge in [0, 0.05) is 5.41 Å². The van der Waals surface area contributed by atoms with E-state index in [0.29, 0.717) is 51.4 Å². The smallest absolute Gasteiger partial charge is 0.335 e. The Morgan fingerprint density at radius 2 is 1.02 bits per heavy atom. The van der Waals surface area contributed by atoms with Crippen LogP contribution in [0.25, 0.3) is 0 Å². The lowest BCUT2D eigenvalue weighted by Gasteiger charge is -2.72. The zero-order chi connectivity index (χ0) is 73.5. The van der Waals surface area contributed by atoms with Crippen LogP contribution in [0.1, 0.15) is 113 Å². The minimum Gasteiger partial charge on any atom is -0.479 e. The molecule has 0 bridgehead atoms. The van der Waals surface area contributed by atoms with Crippen molar-refractivity contribution in [1.82, 2.24) is 0 Å². The van der Waals surface area contributed by atoms with Crippen molar-refractivity contribution in [2.45, 2.75) is 303 Å². The number of ether oxygens (including phenoxy) is 14. The molecule has 7 aliphatic heterocycles. The molecule has 7 heterocycles. The van der Waals surface area contributed by atoms with Crippen LogP contribution in [-0.2, 0) is 75.9 Å². The van der Waals surface area contributed by atoms with Crippen LogP contribution >= 0.6 is 0 Å². The number of carboxylic acids is 1. The Balaban J connectivity index is 0.719. The summed E-state index contributed by atoms with van der Waals surface area (Å²) in [6.45, 7) is 12.8. The van der Waals surface area contributed by atoms with Crippen molar-refractivity contribution in [3.05, 3.63) is 11.6 Å². The maximum Gasteiger partial charge on any atom is 0.335 e. The summed E-state index contributed by atoms with van der Waals surface area (Å²) in [6.07, 6.45) is -43.8. The highest BCUT2D eigenvalue weighted by atomic mass is 16.8. The molecule has 38 unspecified atom stereocenters. The SMILES string of the molecule is CC1OC(OC2C(O)COC(OC3C(O)C(OC4CCC5(C)C(CCC6(C)C5CC=C5C7CC(C)(C)CCC7(C(=O)OC7OCC(O)C(OC8OCC(O)C(OC9OCC(O)C(O)C9O)C8O)C7O)CC(O)C56C)C4(C)C)OC(C(=O)O)C3O)C2O)C(O)C(OC2OCC(O)(CO)C2O)C1O. The van der Waals surface area contributed by atoms with Crippen molar-refractivity contribution in [3.8, 4) is 0 Å². The quantitative estimate of drug-likeness (QED) is 0.0390. The number of fused-ring (bicyclic) bond motifs is 7. The number of hydrogen-bond donors (Lipinski definition) is 18. The molecular weight excluding hydrogens is 1350 g/mol. The van der Waals surface area contributed by atoms with E-state index in [-0.39, 0.29) is 23.7 Å². The van der Waals surface area contributed by atoms with Gasteiger partial charge in [-0.3, -0.25) is 4.79 Å². The molecule has 18 N–H and O–H groups in total. The molecular formula is C67H106O34. The van der Waals surface area contributed by atoms with Crippen LogP contribution < -0.4 is 0 Å². The van der Waals surface area contributed by atoms with Crippen LogP contribution in [0.5, 0.6) is 0 Å². The van der Waals surface area contributed by atoms with E-state index in [4.69, 9.17) is 66.3 Å². The topological polar surface area (TPSA) is 528 Å². The summed E-state index contributed by atoms with van der Waals surface area (Å²) in [6, 6.07) is 0. The van der Waals surface area contributed by atoms with Gasteiger partial charge < -0.3 is 158 Å². The second-order valence-corrected chi connectivity index (χ2v) is 32.7. The maximum atomic E-state index is 15.3. The zero-order valence-electron chi connectivity index (χ0n) is 57.8. The van der Waals surface area contributed by atoms with Crippen molar-refractivity contribution >= 4 is 11.9 Å². The summed E-state index contributed by atoms with van der Waals surface area (Å²) in [5.41, 5.74) is -5.42. The molecule has 0 aromatic carbocycles. The lowest BCUT2D eigenvalue weighted by molar-refractivity contribution is -0.375. The number of esters is 1. The molecule has 7 saturated heterocycles. The number of aliphatic carboxylic acids is 1. The summed E-state index contributed by atoms with van der Waals surface area (Å²) in [5, 5.41) is 199. The number of aliphatic hydroxyl groups excluding tert-OH is 16. The third-order valence-corrected chi connectivity index (χ3v) is 25.9. The minimum atomic E-state index is -2.11. The largest absolute Gasteiger partial charge is 0.479 e. The van der Waals surface area contributed by atoms with E-state index in [1.807, 2.05) is 13.8 Å². The number of aliphatic hydroxyl groups is 17. The molecule has 4 saturated carbocycles. The first kappa shape index (κ1) is 78.1. The third-order valence-electron chi connectivity index (χ3n) is 25.9. The summed E-state index contributed by atoms with van der Waals surface area (Å²) in [5.74, 6) is -2.98. The second kappa shape index (κ2) is 28.8. The molecule has 0 spiro atoms. The van der Waals surface area contributed by atoms with Crippen molar-refractivity contribution in [1.29, 1.82) is 0 Å². The maximum absolute atomic E-state index is 15.3. The molecule has 11 fully saturated rings. The molecule has 0 amide bonds. The molecule has 0 radical (unpaired) electrons. The Morgan fingerprint density at radius 1 is 0.515 bits per heavy atom. The second-order valence-electron chi connectivity index (χ2n) is 32.7. The normalized spacial score (nSPS) is 54.3. The van der Waals surface area contributed by atoms with Crippen molar-refractivity contribution < 1.29 is 168 Å². The van der Waals surface area contributed by atoms with Gasteiger partial charge in [0.25, 0.3) is 0 Å². The number of hydrogen-bond acceptors (Lipinski definition) is 33. The van der Waals surface area contributed by atoms with E-state index in [2.05, 4.69) is 40.7 Å². The van der Waals surface area contributed by atoms with Gasteiger partial charge in [0.05, 0.1) is 63.4 Å². The zero-order valence-corrected chi connectivity index (χ0v) is 57.8. The van der Waals surface area contributed by atoms with Crippen molar-refractivity contribution in [2.24, 2.45) is 50.2 Å². The average molecular weight is 1460 g/mol. The first-order chi connectivity index (χ1) is 47.3. The van der Waals surface area contributed by atoms with Crippen molar-refractivity contribution in [2.75, 3.05) is 39.6 Å². The molecule has 0 aromatic heterocycles. The van der Waals surface area contributed by atoms with Gasteiger partial charge in [0.1, 0.15) is 122 Å². The van der Waals surface area contributed by atoms with E-state index in [0.717, 1.165) is 5.57 Å². The number of rotatable bonds is 16. The van der Waals surface area contributed by atoms with Gasteiger partial charge >= 0.3 is 11.9 Å². The van der Waals surface area contributed by atoms with E-state index in [9.17, 15) is 96.7 Å². The highest BCUT2D eigenvalue weighted by Gasteiger charge is 2.73. The van der Waals surface area contributed by atoms with Gasteiger partial charge in [-0.05, 0) is 104 Å². The lowest BCUT2D eigenvalue weighted by Crippen LogP contribution is -2.69. The van der Waals surface area contributed by atoms with Gasteiger partial charge in [-0.1, -0.05) is 60.1 Å². The lowest BCUT2D eigenvalue weighted by atomic mass is 9.33. The molecule has 34 heteroatoms. The van der Waals surface area contributed by atoms with Crippen LogP contribution in [0, 0.1) is 50.2 Å². The number of allylic oxidation sites excluding steroid dienone is 1. The van der Waals surface area contributed by atoms with Crippen LogP contribution in [0.3, 0.4) is 0 Å². The summed E-state index contributed by atoms with van der Waals surface area (Å²) in [4.78, 5) is 28.2. The molecule has 5 aliphatic carbocycles. The van der Waals surface area contributed by atoms with Crippen LogP contribution in [0.2, 0.25) is 0 Å². The van der Waals surface area contributed by atoms with Gasteiger partial charge in [-0.25, -0.2) is 4.79 Å². The highest BCUT2D eigenvalue weighted by molar-refractivity contribution is 5.79. The Labute approximate surface area is 582 Å². The monoisotopic (exact) mass is 1450 g/mol. The molecule has 12 rings (SSSR count). The molecule has 578 valence electrons. The number of carboxylic acid groups (broad SMARTS) is 1. The number of carbonyl (C=O) groups is 2. The predicted molar refractivity (Wildman–Crippen MR) is 331 cm³/mol. The Bertz CT molecular complexity index is 2950. The number of carbonyl (C=O) groups excluding carboxylic acids is 1. The minimum absolute atomic E-state index is 0.00826. The van der Waals surface area contributed by atoms with Gasteiger partial charge in [0.15, 0.2) is 43.8 Å². The van der Waals surface area contributed by atoms with Crippen LogP contribution in [0.4, 0.5) is 0 Å². The Morgan fingerprint density at radius 3 is 1.59 bits per heavy atom. The molecule has 34 nitrogen and oxygen atoms in total.